The van der Waals surface area contributed by atoms with Gasteiger partial charge in [-0.3, -0.25) is 0 Å². The van der Waals surface area contributed by atoms with Gasteiger partial charge in [0.1, 0.15) is 0 Å². The van der Waals surface area contributed by atoms with Gasteiger partial charge in [-0.25, -0.2) is 4.79 Å². The van der Waals surface area contributed by atoms with Crippen LogP contribution in [0.25, 0.3) is 0 Å². The van der Waals surface area contributed by atoms with Gasteiger partial charge in [-0.05, 0) is 37.0 Å². The molecule has 152 valence electrons. The van der Waals surface area contributed by atoms with Crippen LogP contribution in [0.5, 0.6) is 0 Å². The van der Waals surface area contributed by atoms with Gasteiger partial charge in [-0.2, -0.15) is 0 Å². The molecule has 2 bridgehead atoms. The lowest BCUT2D eigenvalue weighted by Gasteiger charge is -2.27. The number of amides is 2. The van der Waals surface area contributed by atoms with E-state index in [4.69, 9.17) is 0 Å². The number of nitrogens with one attached hydrogen (secondary N) is 2. The standard InChI is InChI=1S/C22H35N3O.ClH/c1-2-3-4-5-6-7-8-9-10-18-11-13-19(14-12-18)24-22(26)25-17-20-15-21(25)16-23-20;/h11-14,20-21,23H,2-10,15-17H2,1H3,(H,24,26);1H. The number of halogens is 1. The number of hydrogen-bond acceptors (Lipinski definition) is 2. The average Bonchev–Trinajstić information content (AvgIpc) is 3.29. The quantitative estimate of drug-likeness (QED) is 0.525. The number of carbonyl (C=O) groups excluding carboxylic acids is 1. The van der Waals surface area contributed by atoms with Gasteiger partial charge < -0.3 is 15.5 Å². The van der Waals surface area contributed by atoms with Crippen molar-refractivity contribution in [1.82, 2.24) is 10.2 Å². The van der Waals surface area contributed by atoms with Crippen LogP contribution in [0.3, 0.4) is 0 Å². The van der Waals surface area contributed by atoms with Crippen molar-refractivity contribution < 1.29 is 4.79 Å². The fourth-order valence-corrected chi connectivity index (χ4v) is 4.22. The van der Waals surface area contributed by atoms with E-state index in [-0.39, 0.29) is 18.4 Å². The van der Waals surface area contributed by atoms with Gasteiger partial charge in [0, 0.05) is 30.9 Å². The van der Waals surface area contributed by atoms with E-state index in [0.717, 1.165) is 31.6 Å². The monoisotopic (exact) mass is 393 g/mol. The van der Waals surface area contributed by atoms with Crippen LogP contribution >= 0.6 is 12.4 Å². The Morgan fingerprint density at radius 1 is 1.07 bits per heavy atom. The van der Waals surface area contributed by atoms with Crippen LogP contribution in [-0.4, -0.2) is 36.1 Å². The summed E-state index contributed by atoms with van der Waals surface area (Å²) in [6.45, 7) is 4.05. The first kappa shape index (κ1) is 22.0. The van der Waals surface area contributed by atoms with Crippen LogP contribution in [0, 0.1) is 0 Å². The first-order chi connectivity index (χ1) is 12.8. The van der Waals surface area contributed by atoms with Crippen molar-refractivity contribution in [2.45, 2.75) is 83.2 Å². The molecule has 27 heavy (non-hydrogen) atoms. The number of benzene rings is 1. The molecule has 2 amide bonds. The normalized spacial score (nSPS) is 20.6. The molecule has 0 aromatic heterocycles. The molecule has 2 aliphatic heterocycles. The molecule has 2 N–H and O–H groups in total. The summed E-state index contributed by atoms with van der Waals surface area (Å²) in [6, 6.07) is 9.34. The number of piperazine rings is 1. The van der Waals surface area contributed by atoms with Crippen LogP contribution in [-0.2, 0) is 6.42 Å². The largest absolute Gasteiger partial charge is 0.322 e. The number of urea groups is 1. The second-order valence-electron chi connectivity index (χ2n) is 8.00. The number of aryl methyl sites for hydroxylation is 1. The number of nitrogens with zero attached hydrogens (tertiary/aromatic N) is 1. The van der Waals surface area contributed by atoms with Crippen LogP contribution in [0.4, 0.5) is 10.5 Å². The molecule has 5 heteroatoms. The first-order valence-corrected chi connectivity index (χ1v) is 10.7. The Morgan fingerprint density at radius 3 is 2.33 bits per heavy atom. The van der Waals surface area contributed by atoms with Gasteiger partial charge in [0.2, 0.25) is 0 Å². The molecular formula is C22H36ClN3O. The third-order valence-corrected chi connectivity index (χ3v) is 5.84. The first-order valence-electron chi connectivity index (χ1n) is 10.7. The van der Waals surface area contributed by atoms with Gasteiger partial charge in [0.25, 0.3) is 0 Å². The zero-order chi connectivity index (χ0) is 18.2. The minimum absolute atomic E-state index is 0. The summed E-state index contributed by atoms with van der Waals surface area (Å²) in [4.78, 5) is 14.4. The van der Waals surface area contributed by atoms with Crippen LogP contribution in [0.15, 0.2) is 24.3 Å². The van der Waals surface area contributed by atoms with E-state index in [2.05, 4.69) is 29.7 Å². The molecule has 2 atom stereocenters. The maximum Gasteiger partial charge on any atom is 0.322 e. The number of hydrogen-bond donors (Lipinski definition) is 2. The van der Waals surface area contributed by atoms with Crippen LogP contribution < -0.4 is 10.6 Å². The lowest BCUT2D eigenvalue weighted by Crippen LogP contribution is -2.48. The average molecular weight is 394 g/mol. The summed E-state index contributed by atoms with van der Waals surface area (Å²) < 4.78 is 0. The summed E-state index contributed by atoms with van der Waals surface area (Å²) in [5.41, 5.74) is 2.28. The molecule has 1 aromatic carbocycles. The van der Waals surface area contributed by atoms with Crippen molar-refractivity contribution in [3.8, 4) is 0 Å². The maximum atomic E-state index is 12.4. The van der Waals surface area contributed by atoms with Crippen molar-refractivity contribution in [3.05, 3.63) is 29.8 Å². The molecule has 2 heterocycles. The van der Waals surface area contributed by atoms with E-state index in [1.54, 1.807) is 0 Å². The molecule has 1 aromatic rings. The number of unbranched alkanes of at least 4 members (excludes halogenated alkanes) is 7. The van der Waals surface area contributed by atoms with E-state index in [9.17, 15) is 4.79 Å². The molecule has 2 unspecified atom stereocenters. The topological polar surface area (TPSA) is 44.4 Å². The van der Waals surface area contributed by atoms with E-state index in [1.807, 2.05) is 17.0 Å². The van der Waals surface area contributed by atoms with E-state index in [1.165, 1.54) is 56.9 Å². The van der Waals surface area contributed by atoms with Crippen molar-refractivity contribution >= 4 is 24.1 Å². The minimum atomic E-state index is 0. The molecule has 2 fully saturated rings. The third kappa shape index (κ3) is 6.69. The summed E-state index contributed by atoms with van der Waals surface area (Å²) in [5, 5.41) is 6.49. The smallest absolute Gasteiger partial charge is 0.319 e. The van der Waals surface area contributed by atoms with Crippen molar-refractivity contribution in [2.24, 2.45) is 0 Å². The molecule has 2 aliphatic rings. The highest BCUT2D eigenvalue weighted by molar-refractivity contribution is 5.90. The maximum absolute atomic E-state index is 12.4. The van der Waals surface area contributed by atoms with Gasteiger partial charge in [0.05, 0.1) is 0 Å². The van der Waals surface area contributed by atoms with Gasteiger partial charge in [-0.15, -0.1) is 12.4 Å². The molecule has 0 radical (unpaired) electrons. The van der Waals surface area contributed by atoms with Gasteiger partial charge in [-0.1, -0.05) is 64.0 Å². The Balaban J connectivity index is 0.00000261. The highest BCUT2D eigenvalue weighted by Gasteiger charge is 2.40. The van der Waals surface area contributed by atoms with Crippen LogP contribution in [0.1, 0.15) is 70.3 Å². The number of fused-ring (bicyclic) bond motifs is 2. The van der Waals surface area contributed by atoms with E-state index in [0.29, 0.717) is 12.1 Å². The Bertz CT molecular complexity index is 563. The van der Waals surface area contributed by atoms with E-state index < -0.39 is 0 Å². The number of likely N-dealkylation sites (tertiary alicyclic amines) is 1. The second kappa shape index (κ2) is 11.6. The van der Waals surface area contributed by atoms with Gasteiger partial charge in [0.15, 0.2) is 0 Å². The summed E-state index contributed by atoms with van der Waals surface area (Å²) in [7, 11) is 0. The summed E-state index contributed by atoms with van der Waals surface area (Å²) in [6.07, 6.45) is 13.1. The van der Waals surface area contributed by atoms with Crippen LogP contribution in [0.2, 0.25) is 0 Å². The molecule has 0 aliphatic carbocycles. The predicted octanol–water partition coefficient (Wildman–Crippen LogP) is 5.37. The third-order valence-electron chi connectivity index (χ3n) is 5.84. The van der Waals surface area contributed by atoms with Crippen molar-refractivity contribution in [2.75, 3.05) is 18.4 Å². The number of carbonyl (C=O) groups is 1. The predicted molar refractivity (Wildman–Crippen MR) is 116 cm³/mol. The molecule has 0 saturated carbocycles. The summed E-state index contributed by atoms with van der Waals surface area (Å²) in [5.74, 6) is 0. The molecule has 0 spiro atoms. The lowest BCUT2D eigenvalue weighted by molar-refractivity contribution is 0.199. The zero-order valence-corrected chi connectivity index (χ0v) is 17.5. The number of rotatable bonds is 10. The molecular weight excluding hydrogens is 358 g/mol. The fourth-order valence-electron chi connectivity index (χ4n) is 4.22. The fraction of sp³-hybridized carbons (Fsp3) is 0.682. The Morgan fingerprint density at radius 2 is 1.74 bits per heavy atom. The number of anilines is 1. The van der Waals surface area contributed by atoms with E-state index >= 15 is 0 Å². The summed E-state index contributed by atoms with van der Waals surface area (Å²) >= 11 is 0. The minimum Gasteiger partial charge on any atom is -0.319 e. The molecule has 4 nitrogen and oxygen atoms in total. The highest BCUT2D eigenvalue weighted by atomic mass is 35.5. The second-order valence-corrected chi connectivity index (χ2v) is 8.00. The van der Waals surface area contributed by atoms with Crippen molar-refractivity contribution in [3.63, 3.8) is 0 Å². The van der Waals surface area contributed by atoms with Crippen molar-refractivity contribution in [1.29, 1.82) is 0 Å². The van der Waals surface area contributed by atoms with Gasteiger partial charge >= 0.3 is 6.03 Å². The lowest BCUT2D eigenvalue weighted by atomic mass is 10.0. The SMILES string of the molecule is CCCCCCCCCCc1ccc(NC(=O)N2CC3CC2CN3)cc1.Cl. The zero-order valence-electron chi connectivity index (χ0n) is 16.7. The Labute approximate surface area is 170 Å². The Kier molecular flexibility index (Phi) is 9.43. The molecule has 2 saturated heterocycles. The molecule has 3 rings (SSSR count). The Hall–Kier alpha value is -1.26. The highest BCUT2D eigenvalue weighted by Crippen LogP contribution is 2.24.